The van der Waals surface area contributed by atoms with Crippen molar-refractivity contribution in [2.45, 2.75) is 17.7 Å². The summed E-state index contributed by atoms with van der Waals surface area (Å²) >= 11 is 1.87. The third kappa shape index (κ3) is 8.97. The third-order valence-electron chi connectivity index (χ3n) is 3.97. The second-order valence-corrected chi connectivity index (χ2v) is 7.14. The van der Waals surface area contributed by atoms with Gasteiger partial charge >= 0.3 is 0 Å². The fraction of sp³-hybridized carbons (Fsp3) is 0.333. The number of guanidine groups is 1. The highest BCUT2D eigenvalue weighted by molar-refractivity contribution is 14.0. The van der Waals surface area contributed by atoms with Crippen molar-refractivity contribution in [2.24, 2.45) is 4.99 Å². The molecule has 7 heteroatoms. The van der Waals surface area contributed by atoms with Crippen LogP contribution in [0.3, 0.4) is 0 Å². The van der Waals surface area contributed by atoms with Gasteiger partial charge in [-0.15, -0.1) is 35.7 Å². The molecule has 3 N–H and O–H groups in total. The van der Waals surface area contributed by atoms with Gasteiger partial charge in [0.2, 0.25) is 0 Å². The van der Waals surface area contributed by atoms with E-state index in [1.165, 1.54) is 4.90 Å². The van der Waals surface area contributed by atoms with Crippen LogP contribution in [0.25, 0.3) is 0 Å². The van der Waals surface area contributed by atoms with E-state index >= 15 is 0 Å². The van der Waals surface area contributed by atoms with Gasteiger partial charge in [-0.05, 0) is 48.4 Å². The average molecular weight is 512 g/mol. The SMILES string of the molecule is CN=C(NCCCSc1ccccc1)NCCc1cccc(C(=O)NC)c1.I. The summed E-state index contributed by atoms with van der Waals surface area (Å²) in [6.45, 7) is 1.64. The van der Waals surface area contributed by atoms with Gasteiger partial charge in [0, 0.05) is 37.6 Å². The number of rotatable bonds is 9. The van der Waals surface area contributed by atoms with Crippen LogP contribution in [-0.2, 0) is 6.42 Å². The number of hydrogen-bond acceptors (Lipinski definition) is 3. The fourth-order valence-electron chi connectivity index (χ4n) is 2.54. The Kier molecular flexibility index (Phi) is 12.4. The monoisotopic (exact) mass is 512 g/mol. The molecule has 1 amide bonds. The highest BCUT2D eigenvalue weighted by Gasteiger charge is 2.04. The lowest BCUT2D eigenvalue weighted by Crippen LogP contribution is -2.38. The Labute approximate surface area is 189 Å². The minimum atomic E-state index is -0.0596. The number of carbonyl (C=O) groups excluding carboxylic acids is 1. The van der Waals surface area contributed by atoms with Crippen LogP contribution < -0.4 is 16.0 Å². The van der Waals surface area contributed by atoms with E-state index in [4.69, 9.17) is 0 Å². The van der Waals surface area contributed by atoms with Gasteiger partial charge < -0.3 is 16.0 Å². The standard InChI is InChI=1S/C21H28N4OS.HI/c1-22-20(26)18-9-6-8-17(16-18)12-14-25-21(23-2)24-13-7-15-27-19-10-4-3-5-11-19;/h3-6,8-11,16H,7,12-15H2,1-2H3,(H,22,26)(H2,23,24,25);1H. The van der Waals surface area contributed by atoms with E-state index in [1.54, 1.807) is 14.1 Å². The van der Waals surface area contributed by atoms with Crippen molar-refractivity contribution >= 4 is 47.6 Å². The predicted molar refractivity (Wildman–Crippen MR) is 130 cm³/mol. The van der Waals surface area contributed by atoms with Crippen LogP contribution in [0, 0.1) is 0 Å². The number of nitrogens with one attached hydrogen (secondary N) is 3. The number of amides is 1. The summed E-state index contributed by atoms with van der Waals surface area (Å²) in [6.07, 6.45) is 1.89. The number of thioether (sulfide) groups is 1. The maximum absolute atomic E-state index is 11.7. The van der Waals surface area contributed by atoms with E-state index in [1.807, 2.05) is 42.1 Å². The maximum atomic E-state index is 11.7. The lowest BCUT2D eigenvalue weighted by Gasteiger charge is -2.12. The number of nitrogens with zero attached hydrogens (tertiary/aromatic N) is 1. The van der Waals surface area contributed by atoms with Crippen molar-refractivity contribution in [3.63, 3.8) is 0 Å². The second kappa shape index (κ2) is 14.3. The molecule has 0 aliphatic rings. The summed E-state index contributed by atoms with van der Waals surface area (Å²) in [5.74, 6) is 1.82. The van der Waals surface area contributed by atoms with Crippen molar-refractivity contribution in [1.82, 2.24) is 16.0 Å². The summed E-state index contributed by atoms with van der Waals surface area (Å²) in [5.41, 5.74) is 1.81. The van der Waals surface area contributed by atoms with Crippen molar-refractivity contribution in [1.29, 1.82) is 0 Å². The van der Waals surface area contributed by atoms with Crippen LogP contribution in [-0.4, -0.2) is 44.8 Å². The Morgan fingerprint density at radius 3 is 2.50 bits per heavy atom. The molecule has 0 heterocycles. The Balaban J connectivity index is 0.00000392. The molecule has 0 unspecified atom stereocenters. The molecule has 2 rings (SSSR count). The lowest BCUT2D eigenvalue weighted by atomic mass is 10.1. The van der Waals surface area contributed by atoms with E-state index < -0.39 is 0 Å². The van der Waals surface area contributed by atoms with Gasteiger partial charge in [0.25, 0.3) is 5.91 Å². The molecule has 2 aromatic rings. The number of carbonyl (C=O) groups is 1. The summed E-state index contributed by atoms with van der Waals surface area (Å²) in [6, 6.07) is 18.1. The van der Waals surface area contributed by atoms with E-state index in [0.717, 1.165) is 43.2 Å². The van der Waals surface area contributed by atoms with Crippen molar-refractivity contribution in [3.8, 4) is 0 Å². The van der Waals surface area contributed by atoms with Crippen LogP contribution in [0.2, 0.25) is 0 Å². The summed E-state index contributed by atoms with van der Waals surface area (Å²) in [4.78, 5) is 17.3. The molecule has 152 valence electrons. The first-order valence-electron chi connectivity index (χ1n) is 9.16. The summed E-state index contributed by atoms with van der Waals surface area (Å²) in [5, 5.41) is 9.31. The third-order valence-corrected chi connectivity index (χ3v) is 5.07. The largest absolute Gasteiger partial charge is 0.356 e. The van der Waals surface area contributed by atoms with Gasteiger partial charge in [0.1, 0.15) is 0 Å². The molecule has 0 spiro atoms. The van der Waals surface area contributed by atoms with Crippen LogP contribution >= 0.6 is 35.7 Å². The van der Waals surface area contributed by atoms with E-state index in [-0.39, 0.29) is 29.9 Å². The first-order valence-corrected chi connectivity index (χ1v) is 10.1. The first kappa shape index (κ1) is 24.3. The number of benzene rings is 2. The van der Waals surface area contributed by atoms with Crippen molar-refractivity contribution in [2.75, 3.05) is 32.9 Å². The highest BCUT2D eigenvalue weighted by Crippen LogP contribution is 2.17. The van der Waals surface area contributed by atoms with Crippen LogP contribution in [0.5, 0.6) is 0 Å². The predicted octanol–water partition coefficient (Wildman–Crippen LogP) is 3.55. The molecule has 0 aliphatic carbocycles. The Hall–Kier alpha value is -1.74. The fourth-order valence-corrected chi connectivity index (χ4v) is 3.42. The maximum Gasteiger partial charge on any atom is 0.251 e. The van der Waals surface area contributed by atoms with E-state index in [9.17, 15) is 4.79 Å². The molecule has 28 heavy (non-hydrogen) atoms. The topological polar surface area (TPSA) is 65.5 Å². The Morgan fingerprint density at radius 1 is 1.04 bits per heavy atom. The molecule has 0 fully saturated rings. The molecule has 5 nitrogen and oxygen atoms in total. The van der Waals surface area contributed by atoms with Crippen LogP contribution in [0.15, 0.2) is 64.5 Å². The molecule has 0 atom stereocenters. The molecule has 0 radical (unpaired) electrons. The van der Waals surface area contributed by atoms with Gasteiger partial charge in [-0.2, -0.15) is 0 Å². The summed E-state index contributed by atoms with van der Waals surface area (Å²) < 4.78 is 0. The second-order valence-electron chi connectivity index (χ2n) is 5.97. The van der Waals surface area contributed by atoms with E-state index in [2.05, 4.69) is 45.2 Å². The van der Waals surface area contributed by atoms with Gasteiger partial charge in [-0.1, -0.05) is 30.3 Å². The number of aliphatic imine (C=N–C) groups is 1. The number of halogens is 1. The molecular weight excluding hydrogens is 483 g/mol. The highest BCUT2D eigenvalue weighted by atomic mass is 127. The summed E-state index contributed by atoms with van der Waals surface area (Å²) in [7, 11) is 3.42. The normalized spacial score (nSPS) is 10.7. The molecule has 0 aliphatic heterocycles. The van der Waals surface area contributed by atoms with E-state index in [0.29, 0.717) is 5.56 Å². The quantitative estimate of drug-likeness (QED) is 0.158. The molecular formula is C21H29IN4OS. The van der Waals surface area contributed by atoms with Gasteiger partial charge in [-0.3, -0.25) is 9.79 Å². The average Bonchev–Trinajstić information content (AvgIpc) is 2.72. The molecule has 0 bridgehead atoms. The van der Waals surface area contributed by atoms with Crippen molar-refractivity contribution in [3.05, 3.63) is 65.7 Å². The zero-order valence-electron chi connectivity index (χ0n) is 16.4. The first-order chi connectivity index (χ1) is 13.2. The lowest BCUT2D eigenvalue weighted by molar-refractivity contribution is 0.0963. The minimum absolute atomic E-state index is 0. The van der Waals surface area contributed by atoms with Crippen LogP contribution in [0.1, 0.15) is 22.3 Å². The van der Waals surface area contributed by atoms with Crippen LogP contribution in [0.4, 0.5) is 0 Å². The van der Waals surface area contributed by atoms with Crippen molar-refractivity contribution < 1.29 is 4.79 Å². The van der Waals surface area contributed by atoms with Gasteiger partial charge in [0.05, 0.1) is 0 Å². The molecule has 2 aromatic carbocycles. The zero-order chi connectivity index (χ0) is 19.3. The smallest absolute Gasteiger partial charge is 0.251 e. The van der Waals surface area contributed by atoms with Gasteiger partial charge in [-0.25, -0.2) is 0 Å². The molecule has 0 aromatic heterocycles. The number of hydrogen-bond donors (Lipinski definition) is 3. The molecule has 0 saturated carbocycles. The zero-order valence-corrected chi connectivity index (χ0v) is 19.6. The Morgan fingerprint density at radius 2 is 1.79 bits per heavy atom. The van der Waals surface area contributed by atoms with Gasteiger partial charge in [0.15, 0.2) is 5.96 Å². The minimum Gasteiger partial charge on any atom is -0.356 e. The molecule has 0 saturated heterocycles. The Bertz CT molecular complexity index is 740.